The minimum Gasteiger partial charge on any atom is -0.491 e. The molecule has 0 aliphatic carbocycles. The number of hydrogen-bond donors (Lipinski definition) is 2. The second-order valence-electron chi connectivity index (χ2n) is 9.50. The van der Waals surface area contributed by atoms with Gasteiger partial charge < -0.3 is 20.1 Å². The first-order valence-electron chi connectivity index (χ1n) is 11.5. The van der Waals surface area contributed by atoms with Gasteiger partial charge in [0.05, 0.1) is 0 Å². The minimum atomic E-state index is -0.594. The molecule has 0 aromatic heterocycles. The molecule has 32 heavy (non-hydrogen) atoms. The fourth-order valence-corrected chi connectivity index (χ4v) is 3.19. The van der Waals surface area contributed by atoms with Crippen molar-refractivity contribution in [2.75, 3.05) is 25.1 Å². The first-order chi connectivity index (χ1) is 15.0. The number of amides is 1. The lowest BCUT2D eigenvalue weighted by Crippen LogP contribution is -2.46. The molecule has 0 radical (unpaired) electrons. The highest BCUT2D eigenvalue weighted by atomic mass is 16.5. The Bertz CT molecular complexity index is 796. The van der Waals surface area contributed by atoms with Crippen LogP contribution in [-0.2, 0) is 11.2 Å². The molecule has 5 nitrogen and oxygen atoms in total. The third kappa shape index (κ3) is 9.41. The molecule has 0 aliphatic rings. The topological polar surface area (TPSA) is 61.8 Å². The highest BCUT2D eigenvalue weighted by molar-refractivity contribution is 5.96. The van der Waals surface area contributed by atoms with E-state index in [9.17, 15) is 9.90 Å². The van der Waals surface area contributed by atoms with Crippen LogP contribution in [0.25, 0.3) is 0 Å². The number of nitrogens with zero attached hydrogens (tertiary/aromatic N) is 1. The van der Waals surface area contributed by atoms with Crippen molar-refractivity contribution < 1.29 is 14.6 Å². The van der Waals surface area contributed by atoms with E-state index in [2.05, 4.69) is 31.3 Å². The first-order valence-corrected chi connectivity index (χ1v) is 11.5. The minimum absolute atomic E-state index is 0.0870. The summed E-state index contributed by atoms with van der Waals surface area (Å²) in [6, 6.07) is 17.6. The van der Waals surface area contributed by atoms with Crippen molar-refractivity contribution in [2.24, 2.45) is 5.41 Å². The predicted molar refractivity (Wildman–Crippen MR) is 134 cm³/mol. The molecule has 0 fully saturated rings. The Morgan fingerprint density at radius 3 is 2.09 bits per heavy atom. The first kappa shape index (κ1) is 27.7. The average Bonchev–Trinajstić information content (AvgIpc) is 2.77. The summed E-state index contributed by atoms with van der Waals surface area (Å²) in [5.41, 5.74) is 1.45. The Morgan fingerprint density at radius 2 is 1.56 bits per heavy atom. The molecular weight excluding hydrogens is 400 g/mol. The van der Waals surface area contributed by atoms with Gasteiger partial charge in [0, 0.05) is 30.2 Å². The highest BCUT2D eigenvalue weighted by Gasteiger charge is 2.26. The molecule has 1 unspecified atom stereocenters. The molecule has 1 amide bonds. The molecule has 0 bridgehead atoms. The van der Waals surface area contributed by atoms with E-state index in [0.717, 1.165) is 17.9 Å². The summed E-state index contributed by atoms with van der Waals surface area (Å²) in [6.45, 7) is 14.7. The summed E-state index contributed by atoms with van der Waals surface area (Å²) >= 11 is 0. The number of aliphatic hydroxyl groups excluding tert-OH is 1. The van der Waals surface area contributed by atoms with Gasteiger partial charge >= 0.3 is 0 Å². The molecule has 0 spiro atoms. The van der Waals surface area contributed by atoms with Crippen molar-refractivity contribution >= 4 is 11.6 Å². The molecule has 0 saturated carbocycles. The molecule has 2 N–H and O–H groups in total. The van der Waals surface area contributed by atoms with E-state index >= 15 is 0 Å². The van der Waals surface area contributed by atoms with E-state index in [1.54, 1.807) is 4.90 Å². The van der Waals surface area contributed by atoms with Crippen LogP contribution in [0.1, 0.15) is 54.0 Å². The molecule has 0 aliphatic heterocycles. The molecule has 2 aromatic rings. The SMILES string of the molecule is CC.CN(C(=O)C(C)(C)C)c1ccc(CC(C)(C)NCC(O)COc2ccccc2)cc1. The lowest BCUT2D eigenvalue weighted by molar-refractivity contribution is -0.125. The van der Waals surface area contributed by atoms with Gasteiger partial charge in [-0.1, -0.05) is 65.0 Å². The number of nitrogens with one attached hydrogen (secondary N) is 1. The zero-order valence-corrected chi connectivity index (χ0v) is 21.1. The van der Waals surface area contributed by atoms with Crippen LogP contribution in [0.2, 0.25) is 0 Å². The molecule has 0 heterocycles. The molecule has 0 saturated heterocycles. The van der Waals surface area contributed by atoms with Gasteiger partial charge in [0.25, 0.3) is 0 Å². The van der Waals surface area contributed by atoms with Crippen molar-refractivity contribution in [3.8, 4) is 5.75 Å². The zero-order chi connectivity index (χ0) is 24.4. The van der Waals surface area contributed by atoms with Gasteiger partial charge in [-0.3, -0.25) is 4.79 Å². The molecule has 1 atom stereocenters. The van der Waals surface area contributed by atoms with Crippen molar-refractivity contribution in [1.29, 1.82) is 0 Å². The van der Waals surface area contributed by atoms with E-state index in [0.29, 0.717) is 6.54 Å². The summed E-state index contributed by atoms with van der Waals surface area (Å²) in [4.78, 5) is 14.2. The molecule has 2 rings (SSSR count). The number of ether oxygens (including phenoxy) is 1. The lowest BCUT2D eigenvalue weighted by atomic mass is 9.93. The van der Waals surface area contributed by atoms with Crippen LogP contribution >= 0.6 is 0 Å². The van der Waals surface area contributed by atoms with Gasteiger partial charge in [-0.15, -0.1) is 0 Å². The number of carbonyl (C=O) groups is 1. The van der Waals surface area contributed by atoms with E-state index in [1.165, 1.54) is 5.56 Å². The quantitative estimate of drug-likeness (QED) is 0.569. The monoisotopic (exact) mass is 442 g/mol. The summed E-state index contributed by atoms with van der Waals surface area (Å²) in [5, 5.41) is 13.7. The summed E-state index contributed by atoms with van der Waals surface area (Å²) in [6.07, 6.45) is 0.208. The Labute approximate surface area is 194 Å². The van der Waals surface area contributed by atoms with Crippen LogP contribution in [-0.4, -0.2) is 42.9 Å². The number of carbonyl (C=O) groups excluding carboxylic acids is 1. The number of benzene rings is 2. The van der Waals surface area contributed by atoms with Crippen LogP contribution < -0.4 is 15.0 Å². The lowest BCUT2D eigenvalue weighted by Gasteiger charge is -2.29. The van der Waals surface area contributed by atoms with Gasteiger partial charge in [0.2, 0.25) is 5.91 Å². The van der Waals surface area contributed by atoms with E-state index in [4.69, 9.17) is 4.74 Å². The van der Waals surface area contributed by atoms with Gasteiger partial charge in [0.15, 0.2) is 0 Å². The molecule has 178 valence electrons. The fourth-order valence-electron chi connectivity index (χ4n) is 3.19. The van der Waals surface area contributed by atoms with Crippen molar-refractivity contribution in [3.05, 3.63) is 60.2 Å². The Hall–Kier alpha value is -2.37. The molecular formula is C27H42N2O3. The van der Waals surface area contributed by atoms with Gasteiger partial charge in [0.1, 0.15) is 18.5 Å². The number of β-amino-alcohol motifs (C(OH)–C–C–N with tert-alkyl or cyclic N) is 1. The number of rotatable bonds is 9. The van der Waals surface area contributed by atoms with E-state index in [1.807, 2.05) is 84.1 Å². The Balaban J connectivity index is 0.00000249. The highest BCUT2D eigenvalue weighted by Crippen LogP contribution is 2.23. The second kappa shape index (κ2) is 12.6. The zero-order valence-electron chi connectivity index (χ0n) is 21.1. The van der Waals surface area contributed by atoms with Crippen molar-refractivity contribution in [2.45, 2.75) is 66.5 Å². The molecule has 5 heteroatoms. The van der Waals surface area contributed by atoms with Crippen molar-refractivity contribution in [3.63, 3.8) is 0 Å². The maximum Gasteiger partial charge on any atom is 0.232 e. The fraction of sp³-hybridized carbons (Fsp3) is 0.519. The van der Waals surface area contributed by atoms with Gasteiger partial charge in [-0.25, -0.2) is 0 Å². The third-order valence-corrected chi connectivity index (χ3v) is 4.92. The predicted octanol–water partition coefficient (Wildman–Crippen LogP) is 5.07. The smallest absolute Gasteiger partial charge is 0.232 e. The summed E-state index contributed by atoms with van der Waals surface area (Å²) < 4.78 is 5.61. The summed E-state index contributed by atoms with van der Waals surface area (Å²) in [7, 11) is 1.81. The van der Waals surface area contributed by atoms with E-state index in [-0.39, 0.29) is 18.1 Å². The van der Waals surface area contributed by atoms with Crippen molar-refractivity contribution in [1.82, 2.24) is 5.32 Å². The van der Waals surface area contributed by atoms with E-state index < -0.39 is 11.5 Å². The van der Waals surface area contributed by atoms with Crippen LogP contribution in [0.4, 0.5) is 5.69 Å². The number of hydrogen-bond acceptors (Lipinski definition) is 4. The van der Waals surface area contributed by atoms with Gasteiger partial charge in [-0.05, 0) is 50.1 Å². The standard InChI is InChI=1S/C25H36N2O3.C2H6/c1-24(2,3)23(29)27(6)20-14-12-19(13-15-20)16-25(4,5)26-17-21(28)18-30-22-10-8-7-9-11-22;1-2/h7-15,21,26,28H,16-18H2,1-6H3;1-2H3. The Kier molecular flexibility index (Phi) is 10.9. The Morgan fingerprint density at radius 1 is 1.00 bits per heavy atom. The third-order valence-electron chi connectivity index (χ3n) is 4.92. The number of anilines is 1. The van der Waals surface area contributed by atoms with Crippen LogP contribution in [0.15, 0.2) is 54.6 Å². The summed E-state index contributed by atoms with van der Waals surface area (Å²) in [5.74, 6) is 0.842. The van der Waals surface area contributed by atoms with Crippen LogP contribution in [0.5, 0.6) is 5.75 Å². The number of aliphatic hydroxyl groups is 1. The number of para-hydroxylation sites is 1. The normalized spacial score (nSPS) is 12.4. The molecule has 2 aromatic carbocycles. The largest absolute Gasteiger partial charge is 0.491 e. The van der Waals surface area contributed by atoms with Gasteiger partial charge in [-0.2, -0.15) is 0 Å². The average molecular weight is 443 g/mol. The second-order valence-corrected chi connectivity index (χ2v) is 9.50. The van der Waals surface area contributed by atoms with Crippen LogP contribution in [0, 0.1) is 5.41 Å². The maximum atomic E-state index is 12.5. The maximum absolute atomic E-state index is 12.5. The van der Waals surface area contributed by atoms with Crippen LogP contribution in [0.3, 0.4) is 0 Å².